The van der Waals surface area contributed by atoms with Crippen LogP contribution in [0.15, 0.2) is 176 Å². The lowest BCUT2D eigenvalue weighted by Crippen LogP contribution is -2.02. The van der Waals surface area contributed by atoms with Crippen molar-refractivity contribution >= 4 is 43.5 Å². The van der Waals surface area contributed by atoms with E-state index >= 15 is 0 Å². The summed E-state index contributed by atoms with van der Waals surface area (Å²) in [6, 6.07) is 60.8. The summed E-state index contributed by atoms with van der Waals surface area (Å²) >= 11 is 0. The van der Waals surface area contributed by atoms with Gasteiger partial charge >= 0.3 is 0 Å². The summed E-state index contributed by atoms with van der Waals surface area (Å²) in [6.07, 6.45) is 0. The Labute approximate surface area is 294 Å². The van der Waals surface area contributed by atoms with Gasteiger partial charge < -0.3 is 4.57 Å². The molecule has 7 aromatic carbocycles. The second kappa shape index (κ2) is 11.9. The monoisotopic (exact) mass is 651 g/mol. The Morgan fingerprint density at radius 2 is 0.941 bits per heavy atom. The Bertz CT molecular complexity index is 2840. The van der Waals surface area contributed by atoms with Crippen molar-refractivity contribution in [3.05, 3.63) is 176 Å². The second-order valence-electron chi connectivity index (χ2n) is 12.6. The number of aromatic nitrogens is 5. The predicted octanol–water partition coefficient (Wildman–Crippen LogP) is 11.3. The van der Waals surface area contributed by atoms with E-state index in [1.54, 1.807) is 0 Å². The lowest BCUT2D eigenvalue weighted by atomic mass is 9.93. The standard InChI is InChI=1S/C46H29N5/c1-4-17-31(18-5-1)44-48-45(32-19-6-2-7-20-32)50-46(49-44)40-34-23-11-10-16-30(34)28-29-37(40)42-41-36-25-13-15-27-39(36)51(33-21-8-3-9-22-33)43(41)35-24-12-14-26-38(35)47-42/h1-29H. The molecule has 0 radical (unpaired) electrons. The van der Waals surface area contributed by atoms with Crippen LogP contribution in [0.2, 0.25) is 0 Å². The van der Waals surface area contributed by atoms with Crippen LogP contribution in [0.4, 0.5) is 0 Å². The summed E-state index contributed by atoms with van der Waals surface area (Å²) in [5, 5.41) is 5.47. The molecular formula is C46H29N5. The average Bonchev–Trinajstić information content (AvgIpc) is 3.57. The first kappa shape index (κ1) is 29.0. The molecule has 10 aromatic rings. The van der Waals surface area contributed by atoms with Gasteiger partial charge in [0.25, 0.3) is 0 Å². The molecule has 238 valence electrons. The Hall–Kier alpha value is -6.98. The fourth-order valence-electron chi connectivity index (χ4n) is 7.35. The summed E-state index contributed by atoms with van der Waals surface area (Å²) in [5.41, 5.74) is 8.89. The third-order valence-electron chi connectivity index (χ3n) is 9.62. The van der Waals surface area contributed by atoms with Gasteiger partial charge in [-0.25, -0.2) is 19.9 Å². The van der Waals surface area contributed by atoms with E-state index in [2.05, 4.69) is 120 Å². The molecule has 0 aliphatic heterocycles. The van der Waals surface area contributed by atoms with E-state index in [-0.39, 0.29) is 0 Å². The van der Waals surface area contributed by atoms with E-state index < -0.39 is 0 Å². The van der Waals surface area contributed by atoms with E-state index in [1.165, 1.54) is 0 Å². The topological polar surface area (TPSA) is 56.5 Å². The number of pyridine rings is 1. The first-order valence-corrected chi connectivity index (χ1v) is 17.1. The normalized spacial score (nSPS) is 11.5. The maximum atomic E-state index is 5.50. The average molecular weight is 652 g/mol. The smallest absolute Gasteiger partial charge is 0.165 e. The maximum Gasteiger partial charge on any atom is 0.165 e. The first-order chi connectivity index (χ1) is 25.3. The third-order valence-corrected chi connectivity index (χ3v) is 9.62. The van der Waals surface area contributed by atoms with Crippen LogP contribution in [-0.4, -0.2) is 24.5 Å². The molecule has 0 atom stereocenters. The maximum absolute atomic E-state index is 5.50. The highest BCUT2D eigenvalue weighted by Gasteiger charge is 2.24. The summed E-state index contributed by atoms with van der Waals surface area (Å²) in [6.45, 7) is 0. The van der Waals surface area contributed by atoms with Gasteiger partial charge in [-0.3, -0.25) is 0 Å². The Morgan fingerprint density at radius 1 is 0.392 bits per heavy atom. The van der Waals surface area contributed by atoms with E-state index in [4.69, 9.17) is 19.9 Å². The minimum absolute atomic E-state index is 0.601. The fourth-order valence-corrected chi connectivity index (χ4v) is 7.35. The number of benzene rings is 7. The number of hydrogen-bond donors (Lipinski definition) is 0. The van der Waals surface area contributed by atoms with Gasteiger partial charge in [0.1, 0.15) is 0 Å². The van der Waals surface area contributed by atoms with Crippen molar-refractivity contribution < 1.29 is 0 Å². The molecular weight excluding hydrogens is 623 g/mol. The summed E-state index contributed by atoms with van der Waals surface area (Å²) in [7, 11) is 0. The van der Waals surface area contributed by atoms with Crippen molar-refractivity contribution in [2.45, 2.75) is 0 Å². The number of rotatable bonds is 5. The Morgan fingerprint density at radius 3 is 1.65 bits per heavy atom. The van der Waals surface area contributed by atoms with Crippen LogP contribution in [0.3, 0.4) is 0 Å². The van der Waals surface area contributed by atoms with E-state index in [0.29, 0.717) is 17.5 Å². The highest BCUT2D eigenvalue weighted by atomic mass is 15.0. The van der Waals surface area contributed by atoms with Crippen LogP contribution in [0, 0.1) is 0 Å². The summed E-state index contributed by atoms with van der Waals surface area (Å²) in [5.74, 6) is 1.84. The zero-order valence-electron chi connectivity index (χ0n) is 27.5. The number of fused-ring (bicyclic) bond motifs is 6. The SMILES string of the molecule is c1ccc(-c2nc(-c3ccccc3)nc(-c3c(-c4nc5ccccc5c5c4c4ccccc4n5-c4ccccc4)ccc4ccccc34)n2)cc1. The third kappa shape index (κ3) is 4.78. The van der Waals surface area contributed by atoms with Crippen LogP contribution in [0.1, 0.15) is 0 Å². The summed E-state index contributed by atoms with van der Waals surface area (Å²) < 4.78 is 2.38. The molecule has 0 saturated heterocycles. The van der Waals surface area contributed by atoms with Crippen molar-refractivity contribution in [2.75, 3.05) is 0 Å². The molecule has 5 heteroatoms. The molecule has 0 aliphatic rings. The molecule has 0 fully saturated rings. The van der Waals surface area contributed by atoms with Crippen molar-refractivity contribution in [2.24, 2.45) is 0 Å². The first-order valence-electron chi connectivity index (χ1n) is 17.1. The van der Waals surface area contributed by atoms with Crippen LogP contribution in [0.5, 0.6) is 0 Å². The molecule has 0 unspecified atom stereocenters. The van der Waals surface area contributed by atoms with Crippen molar-refractivity contribution in [3.8, 4) is 51.1 Å². The zero-order valence-corrected chi connectivity index (χ0v) is 27.5. The minimum atomic E-state index is 0.601. The molecule has 0 N–H and O–H groups in total. The van der Waals surface area contributed by atoms with Crippen molar-refractivity contribution in [3.63, 3.8) is 0 Å². The molecule has 0 amide bonds. The van der Waals surface area contributed by atoms with Gasteiger partial charge in [-0.2, -0.15) is 0 Å². The van der Waals surface area contributed by atoms with Gasteiger partial charge in [0, 0.05) is 44.1 Å². The van der Waals surface area contributed by atoms with Crippen molar-refractivity contribution in [1.82, 2.24) is 24.5 Å². The largest absolute Gasteiger partial charge is 0.308 e. The van der Waals surface area contributed by atoms with E-state index in [9.17, 15) is 0 Å². The number of para-hydroxylation sites is 3. The fraction of sp³-hybridized carbons (Fsp3) is 0. The van der Waals surface area contributed by atoms with Gasteiger partial charge in [0.2, 0.25) is 0 Å². The van der Waals surface area contributed by atoms with Gasteiger partial charge in [0.05, 0.1) is 22.2 Å². The predicted molar refractivity (Wildman–Crippen MR) is 209 cm³/mol. The highest BCUT2D eigenvalue weighted by molar-refractivity contribution is 6.23. The quantitative estimate of drug-likeness (QED) is 0.186. The number of nitrogens with zero attached hydrogens (tertiary/aromatic N) is 5. The Balaban J connectivity index is 1.36. The van der Waals surface area contributed by atoms with Gasteiger partial charge in [0.15, 0.2) is 17.5 Å². The molecule has 0 spiro atoms. The van der Waals surface area contributed by atoms with Crippen LogP contribution in [0.25, 0.3) is 94.6 Å². The lowest BCUT2D eigenvalue weighted by Gasteiger charge is -2.16. The molecule has 0 aliphatic carbocycles. The molecule has 0 saturated carbocycles. The molecule has 5 nitrogen and oxygen atoms in total. The summed E-state index contributed by atoms with van der Waals surface area (Å²) in [4.78, 5) is 21.0. The van der Waals surface area contributed by atoms with E-state index in [0.717, 1.165) is 77.1 Å². The van der Waals surface area contributed by atoms with E-state index in [1.807, 2.05) is 60.7 Å². The van der Waals surface area contributed by atoms with Crippen LogP contribution >= 0.6 is 0 Å². The lowest BCUT2D eigenvalue weighted by molar-refractivity contribution is 1.08. The van der Waals surface area contributed by atoms with Crippen molar-refractivity contribution in [1.29, 1.82) is 0 Å². The Kier molecular flexibility index (Phi) is 6.74. The number of hydrogen-bond acceptors (Lipinski definition) is 4. The second-order valence-corrected chi connectivity index (χ2v) is 12.6. The zero-order chi connectivity index (χ0) is 33.7. The van der Waals surface area contributed by atoms with Gasteiger partial charge in [-0.15, -0.1) is 0 Å². The van der Waals surface area contributed by atoms with Gasteiger partial charge in [-0.05, 0) is 35.0 Å². The van der Waals surface area contributed by atoms with Crippen LogP contribution in [-0.2, 0) is 0 Å². The van der Waals surface area contributed by atoms with Gasteiger partial charge in [-0.1, -0.05) is 152 Å². The highest BCUT2D eigenvalue weighted by Crippen LogP contribution is 2.45. The molecule has 3 aromatic heterocycles. The molecule has 10 rings (SSSR count). The molecule has 3 heterocycles. The van der Waals surface area contributed by atoms with Crippen LogP contribution < -0.4 is 0 Å². The molecule has 0 bridgehead atoms. The minimum Gasteiger partial charge on any atom is -0.308 e. The molecule has 51 heavy (non-hydrogen) atoms.